The minimum atomic E-state index is 0.310. The van der Waals surface area contributed by atoms with Crippen molar-refractivity contribution < 1.29 is 0 Å². The smallest absolute Gasteiger partial charge is 0.00445 e. The Morgan fingerprint density at radius 1 is 1.42 bits per heavy atom. The molecule has 0 fully saturated rings. The summed E-state index contributed by atoms with van der Waals surface area (Å²) in [6.45, 7) is 9.04. The molecule has 0 aliphatic carbocycles. The molecule has 0 aliphatic rings. The van der Waals surface area contributed by atoms with Crippen molar-refractivity contribution in [3.8, 4) is 0 Å². The van der Waals surface area contributed by atoms with Crippen LogP contribution in [0.5, 0.6) is 0 Å². The Balaban J connectivity index is 3.66. The number of rotatable bonds is 6. The Morgan fingerprint density at radius 3 is 2.33 bits per heavy atom. The van der Waals surface area contributed by atoms with E-state index in [0.29, 0.717) is 5.41 Å². The van der Waals surface area contributed by atoms with Gasteiger partial charge in [-0.1, -0.05) is 52.8 Å². The molecule has 72 valence electrons. The van der Waals surface area contributed by atoms with Crippen LogP contribution in [0.3, 0.4) is 0 Å². The average Bonchev–Trinajstić information content (AvgIpc) is 2.03. The van der Waals surface area contributed by atoms with Gasteiger partial charge in [0.05, 0.1) is 0 Å². The second-order valence-electron chi connectivity index (χ2n) is 4.41. The second kappa shape index (κ2) is 5.69. The van der Waals surface area contributed by atoms with Crippen LogP contribution in [0.25, 0.3) is 0 Å². The Hall–Kier alpha value is 0.0900. The van der Waals surface area contributed by atoms with Gasteiger partial charge in [-0.15, -0.1) is 0 Å². The van der Waals surface area contributed by atoms with Crippen molar-refractivity contribution in [1.29, 1.82) is 0 Å². The van der Waals surface area contributed by atoms with Crippen molar-refractivity contribution in [2.45, 2.75) is 53.4 Å². The highest BCUT2D eigenvalue weighted by Gasteiger charge is 2.17. The number of thiocarbonyl (C=S) groups is 1. The first-order valence-electron chi connectivity index (χ1n) is 5.00. The van der Waals surface area contributed by atoms with Gasteiger partial charge in [0.25, 0.3) is 0 Å². The van der Waals surface area contributed by atoms with Crippen LogP contribution in [0, 0.1) is 11.3 Å². The monoisotopic (exact) mass is 186 g/mol. The highest BCUT2D eigenvalue weighted by molar-refractivity contribution is 7.79. The van der Waals surface area contributed by atoms with E-state index in [4.69, 9.17) is 12.2 Å². The van der Waals surface area contributed by atoms with Crippen LogP contribution in [0.15, 0.2) is 0 Å². The molecule has 12 heavy (non-hydrogen) atoms. The van der Waals surface area contributed by atoms with Crippen LogP contribution in [-0.2, 0) is 0 Å². The third kappa shape index (κ3) is 4.87. The van der Waals surface area contributed by atoms with Crippen molar-refractivity contribution in [3.63, 3.8) is 0 Å². The van der Waals surface area contributed by atoms with Crippen molar-refractivity contribution in [3.05, 3.63) is 0 Å². The van der Waals surface area contributed by atoms with E-state index in [0.717, 1.165) is 5.92 Å². The Kier molecular flexibility index (Phi) is 5.73. The molecule has 0 aromatic carbocycles. The topological polar surface area (TPSA) is 0 Å². The summed E-state index contributed by atoms with van der Waals surface area (Å²) in [6.07, 6.45) is 5.08. The summed E-state index contributed by atoms with van der Waals surface area (Å²) >= 11 is 5.04. The minimum Gasteiger partial charge on any atom is -0.0929 e. The molecule has 0 N–H and O–H groups in total. The molecule has 0 spiro atoms. The normalized spacial score (nSPS) is 16.1. The van der Waals surface area contributed by atoms with Gasteiger partial charge >= 0.3 is 0 Å². The summed E-state index contributed by atoms with van der Waals surface area (Å²) in [7, 11) is 0. The standard InChI is InChI=1S/C11H22S/c1-5-11(4,9-12)8-6-7-10(2)3/h9-10H,5-8H2,1-4H3. The van der Waals surface area contributed by atoms with Crippen LogP contribution in [0.1, 0.15) is 53.4 Å². The third-order valence-corrected chi connectivity index (χ3v) is 3.19. The summed E-state index contributed by atoms with van der Waals surface area (Å²) in [4.78, 5) is 0. The second-order valence-corrected chi connectivity index (χ2v) is 4.65. The van der Waals surface area contributed by atoms with Gasteiger partial charge in [0.2, 0.25) is 0 Å². The lowest BCUT2D eigenvalue weighted by Crippen LogP contribution is -2.15. The van der Waals surface area contributed by atoms with Gasteiger partial charge in [-0.25, -0.2) is 0 Å². The molecule has 0 amide bonds. The summed E-state index contributed by atoms with van der Waals surface area (Å²) in [6, 6.07) is 0. The van der Waals surface area contributed by atoms with Crippen molar-refractivity contribution in [2.75, 3.05) is 0 Å². The molecule has 0 radical (unpaired) electrons. The maximum atomic E-state index is 5.04. The maximum absolute atomic E-state index is 5.04. The van der Waals surface area contributed by atoms with Gasteiger partial charge in [0.1, 0.15) is 0 Å². The zero-order valence-electron chi connectivity index (χ0n) is 8.89. The quantitative estimate of drug-likeness (QED) is 0.559. The minimum absolute atomic E-state index is 0.310. The van der Waals surface area contributed by atoms with Gasteiger partial charge in [0, 0.05) is 0 Å². The molecule has 0 aliphatic heterocycles. The van der Waals surface area contributed by atoms with E-state index in [1.54, 1.807) is 0 Å². The largest absolute Gasteiger partial charge is 0.0929 e. The first-order valence-corrected chi connectivity index (χ1v) is 5.47. The average molecular weight is 186 g/mol. The fourth-order valence-electron chi connectivity index (χ4n) is 1.23. The lowest BCUT2D eigenvalue weighted by Gasteiger charge is -2.22. The molecule has 0 aromatic rings. The summed E-state index contributed by atoms with van der Waals surface area (Å²) < 4.78 is 0. The molecule has 1 unspecified atom stereocenters. The Bertz CT molecular complexity index is 129. The molecular weight excluding hydrogens is 164 g/mol. The van der Waals surface area contributed by atoms with Gasteiger partial charge < -0.3 is 0 Å². The molecule has 1 heteroatoms. The van der Waals surface area contributed by atoms with Gasteiger partial charge in [-0.05, 0) is 29.5 Å². The molecular formula is C11H22S. The van der Waals surface area contributed by atoms with E-state index in [-0.39, 0.29) is 0 Å². The molecule has 0 bridgehead atoms. The zero-order chi connectivity index (χ0) is 9.61. The number of hydrogen-bond donors (Lipinski definition) is 0. The highest BCUT2D eigenvalue weighted by atomic mass is 32.1. The van der Waals surface area contributed by atoms with Gasteiger partial charge in [-0.3, -0.25) is 0 Å². The van der Waals surface area contributed by atoms with Crippen molar-refractivity contribution in [2.24, 2.45) is 11.3 Å². The van der Waals surface area contributed by atoms with Crippen molar-refractivity contribution >= 4 is 17.6 Å². The molecule has 0 saturated carbocycles. The predicted molar refractivity (Wildman–Crippen MR) is 60.7 cm³/mol. The van der Waals surface area contributed by atoms with E-state index in [1.165, 1.54) is 25.7 Å². The molecule has 1 atom stereocenters. The lowest BCUT2D eigenvalue weighted by molar-refractivity contribution is 0.388. The summed E-state index contributed by atoms with van der Waals surface area (Å²) in [5, 5.41) is 1.95. The molecule has 0 aromatic heterocycles. The van der Waals surface area contributed by atoms with Crippen LogP contribution in [0.2, 0.25) is 0 Å². The molecule has 0 nitrogen and oxygen atoms in total. The Labute approximate surface area is 82.7 Å². The summed E-state index contributed by atoms with van der Waals surface area (Å²) in [5.41, 5.74) is 0.310. The van der Waals surface area contributed by atoms with E-state index in [2.05, 4.69) is 27.7 Å². The van der Waals surface area contributed by atoms with Gasteiger partial charge in [0.15, 0.2) is 0 Å². The first kappa shape index (κ1) is 12.1. The fraction of sp³-hybridized carbons (Fsp3) is 0.909. The van der Waals surface area contributed by atoms with E-state index < -0.39 is 0 Å². The molecule has 0 saturated heterocycles. The molecule has 0 heterocycles. The predicted octanol–water partition coefficient (Wildman–Crippen LogP) is 4.23. The van der Waals surface area contributed by atoms with Crippen LogP contribution in [-0.4, -0.2) is 5.37 Å². The Morgan fingerprint density at radius 2 is 2.00 bits per heavy atom. The summed E-state index contributed by atoms with van der Waals surface area (Å²) in [5.74, 6) is 0.830. The number of hydrogen-bond acceptors (Lipinski definition) is 1. The third-order valence-electron chi connectivity index (χ3n) is 2.62. The first-order chi connectivity index (χ1) is 5.54. The van der Waals surface area contributed by atoms with E-state index in [1.807, 2.05) is 5.37 Å². The van der Waals surface area contributed by atoms with E-state index >= 15 is 0 Å². The van der Waals surface area contributed by atoms with Crippen LogP contribution < -0.4 is 0 Å². The maximum Gasteiger partial charge on any atom is -0.00445 e. The van der Waals surface area contributed by atoms with Crippen molar-refractivity contribution in [1.82, 2.24) is 0 Å². The molecule has 0 rings (SSSR count). The van der Waals surface area contributed by atoms with Gasteiger partial charge in [-0.2, -0.15) is 0 Å². The zero-order valence-corrected chi connectivity index (χ0v) is 9.71. The van der Waals surface area contributed by atoms with E-state index in [9.17, 15) is 0 Å². The highest BCUT2D eigenvalue weighted by Crippen LogP contribution is 2.26. The SMILES string of the molecule is CCC(C)(C=S)CCCC(C)C. The lowest BCUT2D eigenvalue weighted by atomic mass is 9.84. The van der Waals surface area contributed by atoms with Crippen LogP contribution in [0.4, 0.5) is 0 Å². The van der Waals surface area contributed by atoms with Crippen LogP contribution >= 0.6 is 12.2 Å². The fourth-order valence-corrected chi connectivity index (χ4v) is 1.52.